The van der Waals surface area contributed by atoms with E-state index in [1.807, 2.05) is 10.7 Å². The van der Waals surface area contributed by atoms with Crippen molar-refractivity contribution in [2.45, 2.75) is 25.8 Å². The number of hydrogen-bond donors (Lipinski definition) is 1. The highest BCUT2D eigenvalue weighted by Gasteiger charge is 2.22. The number of likely N-dealkylation sites (tertiary alicyclic amines) is 1. The van der Waals surface area contributed by atoms with E-state index in [-0.39, 0.29) is 5.75 Å². The average molecular weight is 409 g/mol. The van der Waals surface area contributed by atoms with E-state index in [0.717, 1.165) is 61.8 Å². The van der Waals surface area contributed by atoms with E-state index in [4.69, 9.17) is 14.7 Å². The number of rotatable bonds is 5. The number of hydrogen-bond acceptors (Lipinski definition) is 8. The molecule has 0 unspecified atom stereocenters. The number of phenolic OH excluding ortho intramolecular Hbond substituents is 1. The summed E-state index contributed by atoms with van der Waals surface area (Å²) < 4.78 is 7.40. The van der Waals surface area contributed by atoms with Gasteiger partial charge in [0.05, 0.1) is 19.8 Å². The first-order chi connectivity index (χ1) is 14.8. The molecule has 1 N–H and O–H groups in total. The zero-order chi connectivity index (χ0) is 20.3. The summed E-state index contributed by atoms with van der Waals surface area (Å²) in [5.41, 5.74) is 2.23. The van der Waals surface area contributed by atoms with Crippen LogP contribution in [0.5, 0.6) is 5.75 Å². The number of nitrogens with zero attached hydrogens (tertiary/aromatic N) is 7. The van der Waals surface area contributed by atoms with Crippen LogP contribution >= 0.6 is 0 Å². The second-order valence-corrected chi connectivity index (χ2v) is 7.91. The Labute approximate surface area is 175 Å². The van der Waals surface area contributed by atoms with Gasteiger partial charge in [-0.1, -0.05) is 23.8 Å². The second-order valence-electron chi connectivity index (χ2n) is 7.91. The van der Waals surface area contributed by atoms with Crippen LogP contribution < -0.4 is 4.90 Å². The molecule has 9 heteroatoms. The van der Waals surface area contributed by atoms with Crippen molar-refractivity contribution in [3.8, 4) is 17.1 Å². The lowest BCUT2D eigenvalue weighted by Gasteiger charge is -2.28. The maximum atomic E-state index is 9.93. The van der Waals surface area contributed by atoms with Crippen molar-refractivity contribution in [1.82, 2.24) is 29.9 Å². The predicted molar refractivity (Wildman–Crippen MR) is 114 cm³/mol. The third kappa shape index (κ3) is 3.95. The van der Waals surface area contributed by atoms with Gasteiger partial charge in [-0.3, -0.25) is 0 Å². The highest BCUT2D eigenvalue weighted by atomic mass is 16.5. The Morgan fingerprint density at radius 2 is 1.80 bits per heavy atom. The molecule has 0 radical (unpaired) electrons. The standard InChI is InChI=1S/C21H27N7O2/c29-17-6-4-5-16(15-17)19-22-20(27-11-13-30-14-12-27)18-21(23-19)28(25-24-18)10-9-26-7-2-1-3-8-26/h4-6,15,29H,1-3,7-14H2. The van der Waals surface area contributed by atoms with E-state index in [9.17, 15) is 5.11 Å². The van der Waals surface area contributed by atoms with Crippen molar-refractivity contribution in [2.75, 3.05) is 50.8 Å². The van der Waals surface area contributed by atoms with Gasteiger partial charge < -0.3 is 19.6 Å². The number of morpholine rings is 1. The van der Waals surface area contributed by atoms with Crippen LogP contribution in [0.15, 0.2) is 24.3 Å². The van der Waals surface area contributed by atoms with Crippen molar-refractivity contribution in [2.24, 2.45) is 0 Å². The monoisotopic (exact) mass is 409 g/mol. The molecule has 0 amide bonds. The van der Waals surface area contributed by atoms with Gasteiger partial charge in [0.1, 0.15) is 5.75 Å². The summed E-state index contributed by atoms with van der Waals surface area (Å²) in [5.74, 6) is 1.55. The summed E-state index contributed by atoms with van der Waals surface area (Å²) in [7, 11) is 0. The quantitative estimate of drug-likeness (QED) is 0.683. The third-order valence-corrected chi connectivity index (χ3v) is 5.84. The molecule has 0 aliphatic carbocycles. The fourth-order valence-corrected chi connectivity index (χ4v) is 4.18. The van der Waals surface area contributed by atoms with Gasteiger partial charge in [-0.15, -0.1) is 5.10 Å². The zero-order valence-corrected chi connectivity index (χ0v) is 17.1. The number of phenols is 1. The van der Waals surface area contributed by atoms with Crippen LogP contribution in [0.25, 0.3) is 22.6 Å². The first-order valence-electron chi connectivity index (χ1n) is 10.7. The highest BCUT2D eigenvalue weighted by molar-refractivity contribution is 5.85. The number of benzene rings is 1. The van der Waals surface area contributed by atoms with E-state index in [2.05, 4.69) is 20.1 Å². The topological polar surface area (TPSA) is 92.4 Å². The molecule has 2 aromatic heterocycles. The Balaban J connectivity index is 1.52. The van der Waals surface area contributed by atoms with Crippen LogP contribution in [0.4, 0.5) is 5.82 Å². The van der Waals surface area contributed by atoms with Crippen molar-refractivity contribution in [3.63, 3.8) is 0 Å². The van der Waals surface area contributed by atoms with Crippen molar-refractivity contribution >= 4 is 17.0 Å². The molecule has 2 aliphatic heterocycles. The van der Waals surface area contributed by atoms with Crippen LogP contribution in [0.3, 0.4) is 0 Å². The van der Waals surface area contributed by atoms with Gasteiger partial charge in [-0.05, 0) is 38.1 Å². The highest BCUT2D eigenvalue weighted by Crippen LogP contribution is 2.28. The molecule has 9 nitrogen and oxygen atoms in total. The molecule has 0 atom stereocenters. The lowest BCUT2D eigenvalue weighted by molar-refractivity contribution is 0.122. The molecule has 5 rings (SSSR count). The van der Waals surface area contributed by atoms with Crippen LogP contribution in [-0.4, -0.2) is 80.9 Å². The molecule has 2 fully saturated rings. The van der Waals surface area contributed by atoms with Crippen molar-refractivity contribution in [1.29, 1.82) is 0 Å². The molecule has 0 saturated carbocycles. The SMILES string of the molecule is Oc1cccc(-c2nc(N3CCOCC3)c3nnn(CCN4CCCCC4)c3n2)c1. The summed E-state index contributed by atoms with van der Waals surface area (Å²) in [5, 5.41) is 18.8. The van der Waals surface area contributed by atoms with Crippen LogP contribution in [0.2, 0.25) is 0 Å². The summed E-state index contributed by atoms with van der Waals surface area (Å²) in [6.45, 7) is 6.82. The molecule has 1 aromatic carbocycles. The largest absolute Gasteiger partial charge is 0.508 e. The Hall–Kier alpha value is -2.78. The minimum Gasteiger partial charge on any atom is -0.508 e. The first-order valence-corrected chi connectivity index (χ1v) is 10.7. The molecule has 0 spiro atoms. The van der Waals surface area contributed by atoms with E-state index in [0.29, 0.717) is 19.0 Å². The van der Waals surface area contributed by atoms with E-state index in [1.165, 1.54) is 19.3 Å². The Morgan fingerprint density at radius 1 is 0.967 bits per heavy atom. The van der Waals surface area contributed by atoms with Gasteiger partial charge in [0.25, 0.3) is 0 Å². The van der Waals surface area contributed by atoms with E-state index >= 15 is 0 Å². The lowest BCUT2D eigenvalue weighted by atomic mass is 10.1. The minimum absolute atomic E-state index is 0.195. The normalized spacial score (nSPS) is 18.2. The van der Waals surface area contributed by atoms with Crippen molar-refractivity contribution < 1.29 is 9.84 Å². The lowest BCUT2D eigenvalue weighted by Crippen LogP contribution is -2.37. The Kier molecular flexibility index (Phi) is 5.46. The van der Waals surface area contributed by atoms with E-state index in [1.54, 1.807) is 18.2 Å². The first kappa shape index (κ1) is 19.2. The number of aromatic nitrogens is 5. The number of anilines is 1. The number of fused-ring (bicyclic) bond motifs is 1. The smallest absolute Gasteiger partial charge is 0.184 e. The molecule has 4 heterocycles. The average Bonchev–Trinajstić information content (AvgIpc) is 3.21. The maximum absolute atomic E-state index is 9.93. The van der Waals surface area contributed by atoms with E-state index < -0.39 is 0 Å². The molecule has 2 saturated heterocycles. The second kappa shape index (κ2) is 8.53. The van der Waals surface area contributed by atoms with Gasteiger partial charge in [-0.2, -0.15) is 0 Å². The minimum atomic E-state index is 0.195. The summed E-state index contributed by atoms with van der Waals surface area (Å²) >= 11 is 0. The number of piperidine rings is 1. The van der Waals surface area contributed by atoms with Gasteiger partial charge in [-0.25, -0.2) is 14.6 Å². The fourth-order valence-electron chi connectivity index (χ4n) is 4.18. The zero-order valence-electron chi connectivity index (χ0n) is 17.1. The molecule has 30 heavy (non-hydrogen) atoms. The maximum Gasteiger partial charge on any atom is 0.184 e. The number of ether oxygens (including phenoxy) is 1. The van der Waals surface area contributed by atoms with Crippen LogP contribution in [0.1, 0.15) is 19.3 Å². The molecule has 2 aliphatic rings. The molecular weight excluding hydrogens is 382 g/mol. The van der Waals surface area contributed by atoms with Gasteiger partial charge >= 0.3 is 0 Å². The summed E-state index contributed by atoms with van der Waals surface area (Å²) in [6.07, 6.45) is 3.86. The fraction of sp³-hybridized carbons (Fsp3) is 0.524. The predicted octanol–water partition coefficient (Wildman–Crippen LogP) is 1.92. The summed E-state index contributed by atoms with van der Waals surface area (Å²) in [6, 6.07) is 7.05. The summed E-state index contributed by atoms with van der Waals surface area (Å²) in [4.78, 5) is 14.3. The number of aromatic hydroxyl groups is 1. The van der Waals surface area contributed by atoms with Crippen LogP contribution in [-0.2, 0) is 11.3 Å². The van der Waals surface area contributed by atoms with Gasteiger partial charge in [0.15, 0.2) is 22.8 Å². The Morgan fingerprint density at radius 3 is 2.60 bits per heavy atom. The molecule has 158 valence electrons. The Bertz CT molecular complexity index is 1010. The third-order valence-electron chi connectivity index (χ3n) is 5.84. The van der Waals surface area contributed by atoms with Crippen molar-refractivity contribution in [3.05, 3.63) is 24.3 Å². The van der Waals surface area contributed by atoms with Crippen LogP contribution in [0, 0.1) is 0 Å². The van der Waals surface area contributed by atoms with Gasteiger partial charge in [0.2, 0.25) is 0 Å². The molecular formula is C21H27N7O2. The molecule has 3 aromatic rings. The molecule has 0 bridgehead atoms. The van der Waals surface area contributed by atoms with Gasteiger partial charge in [0, 0.05) is 25.2 Å².